The Morgan fingerprint density at radius 2 is 1.77 bits per heavy atom. The van der Waals surface area contributed by atoms with Gasteiger partial charge >= 0.3 is 0 Å². The Morgan fingerprint density at radius 3 is 2.46 bits per heavy atom. The van der Waals surface area contributed by atoms with Crippen LogP contribution in [-0.4, -0.2) is 45.5 Å². The highest BCUT2D eigenvalue weighted by molar-refractivity contribution is 5.94. The first kappa shape index (κ1) is 16.7. The van der Waals surface area contributed by atoms with Crippen LogP contribution in [-0.2, 0) is 4.74 Å². The summed E-state index contributed by atoms with van der Waals surface area (Å²) in [7, 11) is 0. The van der Waals surface area contributed by atoms with Gasteiger partial charge in [0.1, 0.15) is 11.5 Å². The van der Waals surface area contributed by atoms with E-state index in [1.807, 2.05) is 35.4 Å². The lowest BCUT2D eigenvalue weighted by Crippen LogP contribution is -2.48. The number of pyridine rings is 1. The molecule has 0 spiro atoms. The molecule has 134 valence electrons. The second-order valence-electron chi connectivity index (χ2n) is 6.78. The smallest absolute Gasteiger partial charge is 0.255 e. The van der Waals surface area contributed by atoms with E-state index in [-0.39, 0.29) is 23.9 Å². The van der Waals surface area contributed by atoms with Gasteiger partial charge in [-0.15, -0.1) is 0 Å². The number of fused-ring (bicyclic) bond motifs is 1. The normalized spacial score (nSPS) is 20.5. The number of morpholine rings is 1. The van der Waals surface area contributed by atoms with Gasteiger partial charge in [-0.05, 0) is 50.2 Å². The Morgan fingerprint density at radius 1 is 1.08 bits per heavy atom. The van der Waals surface area contributed by atoms with Gasteiger partial charge in [0.15, 0.2) is 0 Å². The van der Waals surface area contributed by atoms with Crippen molar-refractivity contribution in [2.24, 2.45) is 0 Å². The van der Waals surface area contributed by atoms with Gasteiger partial charge in [0, 0.05) is 31.0 Å². The second-order valence-corrected chi connectivity index (χ2v) is 6.78. The van der Waals surface area contributed by atoms with Crippen molar-refractivity contribution in [3.63, 3.8) is 0 Å². The number of imidazole rings is 1. The molecule has 0 aliphatic carbocycles. The van der Waals surface area contributed by atoms with E-state index < -0.39 is 0 Å². The van der Waals surface area contributed by atoms with Crippen molar-refractivity contribution >= 4 is 11.6 Å². The minimum atomic E-state index is -0.278. The first-order chi connectivity index (χ1) is 12.5. The maximum atomic E-state index is 13.1. The van der Waals surface area contributed by atoms with Crippen LogP contribution >= 0.6 is 0 Å². The fraction of sp³-hybridized carbons (Fsp3) is 0.300. The monoisotopic (exact) mass is 353 g/mol. The number of carbonyl (C=O) groups excluding carboxylic acids is 1. The number of ether oxygens (including phenoxy) is 1. The van der Waals surface area contributed by atoms with Crippen molar-refractivity contribution in [3.8, 4) is 11.3 Å². The summed E-state index contributed by atoms with van der Waals surface area (Å²) in [5.41, 5.74) is 2.92. The first-order valence-corrected chi connectivity index (χ1v) is 8.69. The molecule has 4 rings (SSSR count). The van der Waals surface area contributed by atoms with Gasteiger partial charge in [-0.2, -0.15) is 0 Å². The van der Waals surface area contributed by atoms with Gasteiger partial charge in [0.05, 0.1) is 23.5 Å². The zero-order chi connectivity index (χ0) is 18.3. The van der Waals surface area contributed by atoms with E-state index in [1.165, 1.54) is 12.1 Å². The largest absolute Gasteiger partial charge is 0.372 e. The maximum Gasteiger partial charge on any atom is 0.255 e. The van der Waals surface area contributed by atoms with Gasteiger partial charge in [0.25, 0.3) is 5.91 Å². The predicted octanol–water partition coefficient (Wildman–Crippen LogP) is 3.39. The molecular formula is C20H20FN3O2. The summed E-state index contributed by atoms with van der Waals surface area (Å²) < 4.78 is 20.6. The van der Waals surface area contributed by atoms with Crippen molar-refractivity contribution in [2.75, 3.05) is 13.1 Å². The Hall–Kier alpha value is -2.73. The minimum Gasteiger partial charge on any atom is -0.372 e. The van der Waals surface area contributed by atoms with E-state index in [2.05, 4.69) is 4.98 Å². The van der Waals surface area contributed by atoms with Gasteiger partial charge < -0.3 is 14.0 Å². The standard InChI is InChI=1S/C20H20FN3O2/c1-13-9-24(10-14(2)26-13)20(25)16-5-8-19-22-18(12-23(19)11-16)15-3-6-17(21)7-4-15/h3-8,11-14H,9-10H2,1-2H3/t13-,14+. The highest BCUT2D eigenvalue weighted by Crippen LogP contribution is 2.21. The molecule has 3 heterocycles. The summed E-state index contributed by atoms with van der Waals surface area (Å²) in [6.07, 6.45) is 3.71. The molecule has 1 amide bonds. The van der Waals surface area contributed by atoms with Crippen LogP contribution in [0.5, 0.6) is 0 Å². The van der Waals surface area contributed by atoms with Crippen LogP contribution in [0.2, 0.25) is 0 Å². The Labute approximate surface area is 151 Å². The molecule has 3 aromatic rings. The van der Waals surface area contributed by atoms with Crippen molar-refractivity contribution in [1.29, 1.82) is 0 Å². The first-order valence-electron chi connectivity index (χ1n) is 8.69. The molecule has 1 aromatic carbocycles. The average molecular weight is 353 g/mol. The summed E-state index contributed by atoms with van der Waals surface area (Å²) in [6, 6.07) is 9.83. The number of carbonyl (C=O) groups is 1. The molecule has 2 atom stereocenters. The summed E-state index contributed by atoms with van der Waals surface area (Å²) in [5, 5.41) is 0. The third-order valence-electron chi connectivity index (χ3n) is 4.54. The number of nitrogens with zero attached hydrogens (tertiary/aromatic N) is 3. The number of hydrogen-bond acceptors (Lipinski definition) is 3. The summed E-state index contributed by atoms with van der Waals surface area (Å²) in [6.45, 7) is 5.13. The lowest BCUT2D eigenvalue weighted by molar-refractivity contribution is -0.0586. The quantitative estimate of drug-likeness (QED) is 0.709. The molecule has 0 N–H and O–H groups in total. The molecule has 1 aliphatic rings. The second kappa shape index (κ2) is 6.53. The molecule has 0 unspecified atom stereocenters. The maximum absolute atomic E-state index is 13.1. The molecule has 1 aliphatic heterocycles. The Balaban J connectivity index is 1.63. The number of halogens is 1. The fourth-order valence-corrected chi connectivity index (χ4v) is 3.40. The Bertz CT molecular complexity index is 941. The lowest BCUT2D eigenvalue weighted by atomic mass is 10.2. The van der Waals surface area contributed by atoms with Crippen LogP contribution in [0, 0.1) is 5.82 Å². The van der Waals surface area contributed by atoms with E-state index >= 15 is 0 Å². The average Bonchev–Trinajstić information content (AvgIpc) is 3.04. The molecule has 26 heavy (non-hydrogen) atoms. The molecule has 1 saturated heterocycles. The highest BCUT2D eigenvalue weighted by atomic mass is 19.1. The fourth-order valence-electron chi connectivity index (χ4n) is 3.40. The van der Waals surface area contributed by atoms with E-state index in [0.717, 1.165) is 16.9 Å². The Kier molecular flexibility index (Phi) is 4.20. The summed E-state index contributed by atoms with van der Waals surface area (Å²) in [4.78, 5) is 19.2. The molecule has 0 saturated carbocycles. The van der Waals surface area contributed by atoms with Gasteiger partial charge in [-0.3, -0.25) is 4.79 Å². The van der Waals surface area contributed by atoms with Crippen molar-refractivity contribution in [3.05, 3.63) is 60.2 Å². The summed E-state index contributed by atoms with van der Waals surface area (Å²) in [5.74, 6) is -0.287. The molecule has 5 nitrogen and oxygen atoms in total. The van der Waals surface area contributed by atoms with Gasteiger partial charge in [-0.1, -0.05) is 0 Å². The van der Waals surface area contributed by atoms with E-state index in [0.29, 0.717) is 18.7 Å². The molecule has 2 aromatic heterocycles. The topological polar surface area (TPSA) is 46.8 Å². The van der Waals surface area contributed by atoms with Gasteiger partial charge in [0.2, 0.25) is 0 Å². The molecule has 0 radical (unpaired) electrons. The lowest BCUT2D eigenvalue weighted by Gasteiger charge is -2.35. The highest BCUT2D eigenvalue weighted by Gasteiger charge is 2.26. The molecule has 0 bridgehead atoms. The van der Waals surface area contributed by atoms with Crippen LogP contribution < -0.4 is 0 Å². The van der Waals surface area contributed by atoms with Crippen molar-refractivity contribution in [1.82, 2.24) is 14.3 Å². The SMILES string of the molecule is C[C@@H]1CN(C(=O)c2ccc3nc(-c4ccc(F)cc4)cn3c2)C[C@H](C)O1. The van der Waals surface area contributed by atoms with Gasteiger partial charge in [-0.25, -0.2) is 9.37 Å². The van der Waals surface area contributed by atoms with Crippen LogP contribution in [0.1, 0.15) is 24.2 Å². The zero-order valence-corrected chi connectivity index (χ0v) is 14.7. The number of hydrogen-bond donors (Lipinski definition) is 0. The number of amides is 1. The molecule has 1 fully saturated rings. The van der Waals surface area contributed by atoms with Crippen LogP contribution in [0.25, 0.3) is 16.9 Å². The number of rotatable bonds is 2. The van der Waals surface area contributed by atoms with E-state index in [1.54, 1.807) is 24.4 Å². The van der Waals surface area contributed by atoms with Crippen LogP contribution in [0.15, 0.2) is 48.8 Å². The summed E-state index contributed by atoms with van der Waals surface area (Å²) >= 11 is 0. The molecule has 6 heteroatoms. The molecular weight excluding hydrogens is 333 g/mol. The third kappa shape index (κ3) is 3.20. The van der Waals surface area contributed by atoms with Crippen molar-refractivity contribution < 1.29 is 13.9 Å². The van der Waals surface area contributed by atoms with Crippen molar-refractivity contribution in [2.45, 2.75) is 26.1 Å². The number of aromatic nitrogens is 2. The number of benzene rings is 1. The third-order valence-corrected chi connectivity index (χ3v) is 4.54. The van der Waals surface area contributed by atoms with Crippen LogP contribution in [0.3, 0.4) is 0 Å². The van der Waals surface area contributed by atoms with E-state index in [9.17, 15) is 9.18 Å². The van der Waals surface area contributed by atoms with Crippen LogP contribution in [0.4, 0.5) is 4.39 Å². The zero-order valence-electron chi connectivity index (χ0n) is 14.7. The predicted molar refractivity (Wildman–Crippen MR) is 96.5 cm³/mol. The minimum absolute atomic E-state index is 0.00840. The van der Waals surface area contributed by atoms with E-state index in [4.69, 9.17) is 4.74 Å².